The molecular formula is C20H25NO4. The first kappa shape index (κ1) is 18.6. The van der Waals surface area contributed by atoms with Crippen molar-refractivity contribution in [3.05, 3.63) is 54.1 Å². The fourth-order valence-corrected chi connectivity index (χ4v) is 2.35. The number of nitrogens with one attached hydrogen (secondary N) is 1. The van der Waals surface area contributed by atoms with Gasteiger partial charge in [0.05, 0.1) is 14.2 Å². The number of aryl methyl sites for hydroxylation is 1. The predicted molar refractivity (Wildman–Crippen MR) is 97.4 cm³/mol. The molecular weight excluding hydrogens is 318 g/mol. The number of carbonyl (C=O) groups excluding carboxylic acids is 1. The van der Waals surface area contributed by atoms with Crippen LogP contribution in [0, 0.1) is 0 Å². The third kappa shape index (κ3) is 6.03. The lowest BCUT2D eigenvalue weighted by atomic mass is 10.1. The Kier molecular flexibility index (Phi) is 7.14. The van der Waals surface area contributed by atoms with Crippen LogP contribution in [0.5, 0.6) is 17.2 Å². The maximum Gasteiger partial charge on any atom is 0.260 e. The van der Waals surface area contributed by atoms with Gasteiger partial charge in [0.2, 0.25) is 0 Å². The minimum atomic E-state index is -0.547. The van der Waals surface area contributed by atoms with E-state index in [0.29, 0.717) is 12.3 Å². The van der Waals surface area contributed by atoms with Crippen molar-refractivity contribution in [3.63, 3.8) is 0 Å². The summed E-state index contributed by atoms with van der Waals surface area (Å²) in [4.78, 5) is 12.1. The summed E-state index contributed by atoms with van der Waals surface area (Å²) in [6.45, 7) is 2.35. The molecule has 0 unspecified atom stereocenters. The number of benzene rings is 2. The van der Waals surface area contributed by atoms with Crippen molar-refractivity contribution in [1.82, 2.24) is 5.32 Å². The largest absolute Gasteiger partial charge is 0.497 e. The molecule has 1 atom stereocenters. The lowest BCUT2D eigenvalue weighted by Gasteiger charge is -2.15. The van der Waals surface area contributed by atoms with E-state index in [4.69, 9.17) is 14.2 Å². The van der Waals surface area contributed by atoms with Gasteiger partial charge in [0, 0.05) is 6.54 Å². The van der Waals surface area contributed by atoms with E-state index in [-0.39, 0.29) is 5.91 Å². The number of carbonyl (C=O) groups is 1. The van der Waals surface area contributed by atoms with E-state index < -0.39 is 6.10 Å². The first-order valence-electron chi connectivity index (χ1n) is 8.33. The van der Waals surface area contributed by atoms with Gasteiger partial charge in [0.15, 0.2) is 6.10 Å². The molecule has 1 N–H and O–H groups in total. The maximum atomic E-state index is 12.1. The van der Waals surface area contributed by atoms with Crippen molar-refractivity contribution in [2.75, 3.05) is 20.8 Å². The summed E-state index contributed by atoms with van der Waals surface area (Å²) in [5.41, 5.74) is 1.22. The van der Waals surface area contributed by atoms with Crippen LogP contribution in [-0.2, 0) is 11.2 Å². The van der Waals surface area contributed by atoms with E-state index >= 15 is 0 Å². The third-order valence-electron chi connectivity index (χ3n) is 3.84. The molecule has 0 bridgehead atoms. The van der Waals surface area contributed by atoms with Crippen molar-refractivity contribution in [2.24, 2.45) is 0 Å². The molecule has 5 heteroatoms. The zero-order valence-electron chi connectivity index (χ0n) is 15.0. The molecule has 0 spiro atoms. The van der Waals surface area contributed by atoms with Gasteiger partial charge < -0.3 is 19.5 Å². The molecule has 134 valence electrons. The van der Waals surface area contributed by atoms with Crippen LogP contribution in [0.15, 0.2) is 48.5 Å². The number of amides is 1. The van der Waals surface area contributed by atoms with Crippen LogP contribution in [0.1, 0.15) is 18.9 Å². The van der Waals surface area contributed by atoms with Crippen LogP contribution >= 0.6 is 0 Å². The highest BCUT2D eigenvalue weighted by molar-refractivity contribution is 5.80. The Bertz CT molecular complexity index is 652. The van der Waals surface area contributed by atoms with Crippen molar-refractivity contribution < 1.29 is 19.0 Å². The summed E-state index contributed by atoms with van der Waals surface area (Å²) >= 11 is 0. The number of methoxy groups -OCH3 is 2. The molecule has 0 fully saturated rings. The van der Waals surface area contributed by atoms with E-state index in [1.54, 1.807) is 45.4 Å². The summed E-state index contributed by atoms with van der Waals surface area (Å²) in [6.07, 6.45) is 1.22. The molecule has 0 aromatic heterocycles. The summed E-state index contributed by atoms with van der Waals surface area (Å²) in [5, 5.41) is 2.90. The number of hydrogen-bond donors (Lipinski definition) is 1. The fourth-order valence-electron chi connectivity index (χ4n) is 2.35. The SMILES string of the molecule is COc1ccc(CCCNC(=O)[C@H](C)Oc2ccc(OC)cc2)cc1. The third-order valence-corrected chi connectivity index (χ3v) is 3.84. The minimum absolute atomic E-state index is 0.120. The Labute approximate surface area is 148 Å². The topological polar surface area (TPSA) is 56.8 Å². The van der Waals surface area contributed by atoms with Crippen LogP contribution in [0.25, 0.3) is 0 Å². The Morgan fingerprint density at radius 3 is 2.00 bits per heavy atom. The number of rotatable bonds is 9. The number of ether oxygens (including phenoxy) is 3. The highest BCUT2D eigenvalue weighted by Gasteiger charge is 2.13. The van der Waals surface area contributed by atoms with Crippen molar-refractivity contribution in [2.45, 2.75) is 25.9 Å². The smallest absolute Gasteiger partial charge is 0.260 e. The maximum absolute atomic E-state index is 12.1. The van der Waals surface area contributed by atoms with Crippen LogP contribution in [0.2, 0.25) is 0 Å². The summed E-state index contributed by atoms with van der Waals surface area (Å²) in [5.74, 6) is 2.12. The average molecular weight is 343 g/mol. The molecule has 2 aromatic rings. The molecule has 2 rings (SSSR count). The van der Waals surface area contributed by atoms with Gasteiger partial charge in [-0.3, -0.25) is 4.79 Å². The fraction of sp³-hybridized carbons (Fsp3) is 0.350. The Morgan fingerprint density at radius 1 is 0.920 bits per heavy atom. The first-order valence-corrected chi connectivity index (χ1v) is 8.33. The van der Waals surface area contributed by atoms with Gasteiger partial charge in [-0.2, -0.15) is 0 Å². The lowest BCUT2D eigenvalue weighted by molar-refractivity contribution is -0.127. The molecule has 0 aliphatic heterocycles. The Balaban J connectivity index is 1.69. The second-order valence-corrected chi connectivity index (χ2v) is 5.68. The summed E-state index contributed by atoms with van der Waals surface area (Å²) < 4.78 is 15.9. The van der Waals surface area contributed by atoms with Gasteiger partial charge in [-0.15, -0.1) is 0 Å². The van der Waals surface area contributed by atoms with Crippen LogP contribution < -0.4 is 19.5 Å². The molecule has 0 radical (unpaired) electrons. The van der Waals surface area contributed by atoms with Crippen molar-refractivity contribution >= 4 is 5.91 Å². The van der Waals surface area contributed by atoms with E-state index in [2.05, 4.69) is 5.32 Å². The van der Waals surface area contributed by atoms with E-state index in [1.165, 1.54) is 5.56 Å². The number of hydrogen-bond acceptors (Lipinski definition) is 4. The Hall–Kier alpha value is -2.69. The second-order valence-electron chi connectivity index (χ2n) is 5.68. The van der Waals surface area contributed by atoms with Crippen LogP contribution in [0.3, 0.4) is 0 Å². The summed E-state index contributed by atoms with van der Waals surface area (Å²) in [6, 6.07) is 15.1. The molecule has 1 amide bonds. The Morgan fingerprint density at radius 2 is 1.44 bits per heavy atom. The lowest BCUT2D eigenvalue weighted by Crippen LogP contribution is -2.36. The van der Waals surface area contributed by atoms with Gasteiger partial charge in [-0.05, 0) is 61.7 Å². The minimum Gasteiger partial charge on any atom is -0.497 e. The zero-order valence-corrected chi connectivity index (χ0v) is 15.0. The standard InChI is InChI=1S/C20H25NO4/c1-15(25-19-12-10-18(24-3)11-13-19)20(22)21-14-4-5-16-6-8-17(23-2)9-7-16/h6-13,15H,4-5,14H2,1-3H3,(H,21,22)/t15-/m0/s1. The summed E-state index contributed by atoms with van der Waals surface area (Å²) in [7, 11) is 3.26. The first-order chi connectivity index (χ1) is 12.1. The van der Waals surface area contributed by atoms with Gasteiger partial charge in [0.25, 0.3) is 5.91 Å². The second kappa shape index (κ2) is 9.57. The van der Waals surface area contributed by atoms with E-state index in [1.807, 2.05) is 24.3 Å². The molecule has 0 heterocycles. The van der Waals surface area contributed by atoms with Gasteiger partial charge in [-0.25, -0.2) is 0 Å². The molecule has 0 aliphatic carbocycles. The van der Waals surface area contributed by atoms with Crippen LogP contribution in [0.4, 0.5) is 0 Å². The molecule has 0 aliphatic rings. The van der Waals surface area contributed by atoms with Crippen LogP contribution in [-0.4, -0.2) is 32.8 Å². The predicted octanol–water partition coefficient (Wildman–Crippen LogP) is 3.22. The van der Waals surface area contributed by atoms with Crippen molar-refractivity contribution in [1.29, 1.82) is 0 Å². The molecule has 25 heavy (non-hydrogen) atoms. The van der Waals surface area contributed by atoms with Crippen molar-refractivity contribution in [3.8, 4) is 17.2 Å². The monoisotopic (exact) mass is 343 g/mol. The quantitative estimate of drug-likeness (QED) is 0.710. The normalized spacial score (nSPS) is 11.5. The molecule has 2 aromatic carbocycles. The van der Waals surface area contributed by atoms with E-state index in [0.717, 1.165) is 24.3 Å². The zero-order chi connectivity index (χ0) is 18.1. The average Bonchev–Trinajstić information content (AvgIpc) is 2.66. The van der Waals surface area contributed by atoms with Gasteiger partial charge in [-0.1, -0.05) is 12.1 Å². The molecule has 5 nitrogen and oxygen atoms in total. The van der Waals surface area contributed by atoms with Gasteiger partial charge in [0.1, 0.15) is 17.2 Å². The van der Waals surface area contributed by atoms with Gasteiger partial charge >= 0.3 is 0 Å². The highest BCUT2D eigenvalue weighted by atomic mass is 16.5. The highest BCUT2D eigenvalue weighted by Crippen LogP contribution is 2.18. The molecule has 0 saturated carbocycles. The van der Waals surface area contributed by atoms with E-state index in [9.17, 15) is 4.79 Å². The molecule has 0 saturated heterocycles.